The fraction of sp³-hybridized carbons (Fsp3) is 0.364. The van der Waals surface area contributed by atoms with E-state index in [0.29, 0.717) is 0 Å². The molecule has 0 bridgehead atoms. The maximum Gasteiger partial charge on any atom is 0.107 e. The largest absolute Gasteiger partial charge is 0.342 e. The van der Waals surface area contributed by atoms with Crippen molar-refractivity contribution >= 4 is 11.0 Å². The Morgan fingerprint density at radius 1 is 1.36 bits per heavy atom. The quantitative estimate of drug-likeness (QED) is 0.719. The van der Waals surface area contributed by atoms with Crippen LogP contribution in [0.5, 0.6) is 0 Å². The Bertz CT molecular complexity index is 373. The number of hydrogen-bond acceptors (Lipinski definition) is 2. The standard InChI is InChI=1S/C11H15N3/c1-12-8-4-7-11-13-9-5-2-3-6-10(9)14-11/h2-3,5-6,12H,4,7-8H2,1H3,(H,13,14). The van der Waals surface area contributed by atoms with E-state index in [1.165, 1.54) is 0 Å². The van der Waals surface area contributed by atoms with Gasteiger partial charge in [-0.05, 0) is 32.1 Å². The van der Waals surface area contributed by atoms with Crippen LogP contribution in [-0.4, -0.2) is 23.6 Å². The first-order chi connectivity index (χ1) is 6.90. The van der Waals surface area contributed by atoms with Crippen LogP contribution in [-0.2, 0) is 6.42 Å². The summed E-state index contributed by atoms with van der Waals surface area (Å²) in [6.45, 7) is 1.04. The van der Waals surface area contributed by atoms with Crippen LogP contribution in [0.2, 0.25) is 0 Å². The molecule has 0 aliphatic rings. The molecule has 0 fully saturated rings. The lowest BCUT2D eigenvalue weighted by atomic mass is 10.3. The number of rotatable bonds is 4. The summed E-state index contributed by atoms with van der Waals surface area (Å²) in [7, 11) is 1.97. The van der Waals surface area contributed by atoms with Gasteiger partial charge in [-0.25, -0.2) is 4.98 Å². The number of H-pyrrole nitrogens is 1. The summed E-state index contributed by atoms with van der Waals surface area (Å²) in [6, 6.07) is 8.13. The molecule has 14 heavy (non-hydrogen) atoms. The van der Waals surface area contributed by atoms with Crippen LogP contribution in [0.15, 0.2) is 24.3 Å². The normalized spacial score (nSPS) is 10.9. The number of fused-ring (bicyclic) bond motifs is 1. The van der Waals surface area contributed by atoms with Crippen molar-refractivity contribution in [2.45, 2.75) is 12.8 Å². The average molecular weight is 189 g/mol. The van der Waals surface area contributed by atoms with Crippen molar-refractivity contribution < 1.29 is 0 Å². The van der Waals surface area contributed by atoms with Gasteiger partial charge in [0, 0.05) is 6.42 Å². The molecule has 1 aromatic heterocycles. The SMILES string of the molecule is CNCCCc1nc2ccccc2[nH]1. The minimum absolute atomic E-state index is 1.01. The summed E-state index contributed by atoms with van der Waals surface area (Å²) in [5, 5.41) is 3.13. The molecule has 1 heterocycles. The monoisotopic (exact) mass is 189 g/mol. The predicted octanol–water partition coefficient (Wildman–Crippen LogP) is 1.71. The highest BCUT2D eigenvalue weighted by Gasteiger charge is 2.00. The minimum atomic E-state index is 1.01. The molecule has 3 heteroatoms. The molecule has 0 radical (unpaired) electrons. The van der Waals surface area contributed by atoms with E-state index in [1.54, 1.807) is 0 Å². The van der Waals surface area contributed by atoms with Crippen LogP contribution in [0.4, 0.5) is 0 Å². The second kappa shape index (κ2) is 4.24. The maximum atomic E-state index is 4.50. The lowest BCUT2D eigenvalue weighted by molar-refractivity contribution is 0.709. The third kappa shape index (κ3) is 1.93. The number of aromatic nitrogens is 2. The molecule has 1 aromatic carbocycles. The van der Waals surface area contributed by atoms with Gasteiger partial charge in [0.2, 0.25) is 0 Å². The molecule has 2 aromatic rings. The third-order valence-corrected chi connectivity index (χ3v) is 2.28. The molecule has 0 saturated heterocycles. The third-order valence-electron chi connectivity index (χ3n) is 2.28. The second-order valence-electron chi connectivity index (χ2n) is 3.41. The highest BCUT2D eigenvalue weighted by atomic mass is 14.9. The Kier molecular flexibility index (Phi) is 2.79. The molecule has 2 rings (SSSR count). The fourth-order valence-electron chi connectivity index (χ4n) is 1.56. The number of para-hydroxylation sites is 2. The maximum absolute atomic E-state index is 4.50. The molecule has 0 saturated carbocycles. The first kappa shape index (κ1) is 9.21. The van der Waals surface area contributed by atoms with Gasteiger partial charge < -0.3 is 10.3 Å². The molecular weight excluding hydrogens is 174 g/mol. The summed E-state index contributed by atoms with van der Waals surface area (Å²) in [6.07, 6.45) is 2.13. The Balaban J connectivity index is 2.11. The molecule has 3 nitrogen and oxygen atoms in total. The molecule has 0 atom stereocenters. The highest BCUT2D eigenvalue weighted by molar-refractivity contribution is 5.74. The van der Waals surface area contributed by atoms with E-state index in [2.05, 4.69) is 21.4 Å². The van der Waals surface area contributed by atoms with Crippen LogP contribution < -0.4 is 5.32 Å². The Labute approximate surface area is 83.6 Å². The van der Waals surface area contributed by atoms with Crippen molar-refractivity contribution in [3.8, 4) is 0 Å². The molecule has 0 spiro atoms. The number of aryl methyl sites for hydroxylation is 1. The van der Waals surface area contributed by atoms with E-state index in [9.17, 15) is 0 Å². The lowest BCUT2D eigenvalue weighted by Gasteiger charge is -1.95. The van der Waals surface area contributed by atoms with Crippen molar-refractivity contribution in [2.75, 3.05) is 13.6 Å². The summed E-state index contributed by atoms with van der Waals surface area (Å²) >= 11 is 0. The summed E-state index contributed by atoms with van der Waals surface area (Å²) < 4.78 is 0. The first-order valence-electron chi connectivity index (χ1n) is 4.98. The lowest BCUT2D eigenvalue weighted by Crippen LogP contribution is -2.08. The van der Waals surface area contributed by atoms with Gasteiger partial charge in [-0.1, -0.05) is 12.1 Å². The van der Waals surface area contributed by atoms with E-state index >= 15 is 0 Å². The number of benzene rings is 1. The smallest absolute Gasteiger partial charge is 0.107 e. The van der Waals surface area contributed by atoms with Gasteiger partial charge in [0.15, 0.2) is 0 Å². The van der Waals surface area contributed by atoms with Gasteiger partial charge in [-0.15, -0.1) is 0 Å². The first-order valence-corrected chi connectivity index (χ1v) is 4.98. The Morgan fingerprint density at radius 2 is 2.21 bits per heavy atom. The minimum Gasteiger partial charge on any atom is -0.342 e. The number of imidazole rings is 1. The van der Waals surface area contributed by atoms with Crippen molar-refractivity contribution in [1.29, 1.82) is 0 Å². The topological polar surface area (TPSA) is 40.7 Å². The van der Waals surface area contributed by atoms with E-state index in [1.807, 2.05) is 25.2 Å². The zero-order valence-corrected chi connectivity index (χ0v) is 8.38. The van der Waals surface area contributed by atoms with Crippen molar-refractivity contribution in [2.24, 2.45) is 0 Å². The predicted molar refractivity (Wildman–Crippen MR) is 58.3 cm³/mol. The average Bonchev–Trinajstić information content (AvgIpc) is 2.60. The molecule has 74 valence electrons. The van der Waals surface area contributed by atoms with E-state index in [-0.39, 0.29) is 0 Å². The highest BCUT2D eigenvalue weighted by Crippen LogP contribution is 2.10. The summed E-state index contributed by atoms with van der Waals surface area (Å²) in [4.78, 5) is 7.82. The van der Waals surface area contributed by atoms with Crippen LogP contribution in [0, 0.1) is 0 Å². The van der Waals surface area contributed by atoms with Gasteiger partial charge in [-0.3, -0.25) is 0 Å². The van der Waals surface area contributed by atoms with Crippen LogP contribution in [0.1, 0.15) is 12.2 Å². The number of hydrogen-bond donors (Lipinski definition) is 2. The summed E-state index contributed by atoms with van der Waals surface area (Å²) in [5.41, 5.74) is 2.19. The number of aromatic amines is 1. The molecular formula is C11H15N3. The van der Waals surface area contributed by atoms with Crippen molar-refractivity contribution in [3.05, 3.63) is 30.1 Å². The second-order valence-corrected chi connectivity index (χ2v) is 3.41. The molecule has 0 unspecified atom stereocenters. The van der Waals surface area contributed by atoms with Gasteiger partial charge in [0.1, 0.15) is 5.82 Å². The molecule has 0 aliphatic heterocycles. The molecule has 0 aliphatic carbocycles. The van der Waals surface area contributed by atoms with Crippen molar-refractivity contribution in [3.63, 3.8) is 0 Å². The van der Waals surface area contributed by atoms with E-state index in [4.69, 9.17) is 0 Å². The zero-order chi connectivity index (χ0) is 9.80. The van der Waals surface area contributed by atoms with E-state index < -0.39 is 0 Å². The number of nitrogens with one attached hydrogen (secondary N) is 2. The summed E-state index contributed by atoms with van der Waals surface area (Å²) in [5.74, 6) is 1.08. The van der Waals surface area contributed by atoms with Gasteiger partial charge in [0.05, 0.1) is 11.0 Å². The molecule has 0 amide bonds. The van der Waals surface area contributed by atoms with Crippen LogP contribution in [0.25, 0.3) is 11.0 Å². The fourth-order valence-corrected chi connectivity index (χ4v) is 1.56. The number of nitrogens with zero attached hydrogens (tertiary/aromatic N) is 1. The zero-order valence-electron chi connectivity index (χ0n) is 8.38. The Hall–Kier alpha value is -1.35. The van der Waals surface area contributed by atoms with Crippen LogP contribution in [0.3, 0.4) is 0 Å². The van der Waals surface area contributed by atoms with E-state index in [0.717, 1.165) is 36.2 Å². The van der Waals surface area contributed by atoms with Crippen LogP contribution >= 0.6 is 0 Å². The van der Waals surface area contributed by atoms with Gasteiger partial charge in [0.25, 0.3) is 0 Å². The van der Waals surface area contributed by atoms with Gasteiger partial charge >= 0.3 is 0 Å². The Morgan fingerprint density at radius 3 is 3.00 bits per heavy atom. The molecule has 2 N–H and O–H groups in total. The van der Waals surface area contributed by atoms with Gasteiger partial charge in [-0.2, -0.15) is 0 Å². The van der Waals surface area contributed by atoms with Crippen molar-refractivity contribution in [1.82, 2.24) is 15.3 Å².